The molecule has 90 valence electrons. The van der Waals surface area contributed by atoms with Crippen molar-refractivity contribution in [2.45, 2.75) is 32.4 Å². The van der Waals surface area contributed by atoms with Crippen LogP contribution in [0.3, 0.4) is 0 Å². The summed E-state index contributed by atoms with van der Waals surface area (Å²) in [6, 6.07) is 9.20. The van der Waals surface area contributed by atoms with Crippen LogP contribution in [-0.2, 0) is 4.74 Å². The van der Waals surface area contributed by atoms with Crippen LogP contribution in [0.2, 0.25) is 0 Å². The molecule has 2 nitrogen and oxygen atoms in total. The van der Waals surface area contributed by atoms with E-state index in [2.05, 4.69) is 59.4 Å². The monoisotopic (exact) mass is 285 g/mol. The second kappa shape index (κ2) is 7.05. The van der Waals surface area contributed by atoms with Gasteiger partial charge >= 0.3 is 0 Å². The third-order valence-electron chi connectivity index (χ3n) is 2.72. The molecule has 1 aromatic carbocycles. The van der Waals surface area contributed by atoms with Gasteiger partial charge < -0.3 is 10.1 Å². The van der Waals surface area contributed by atoms with Gasteiger partial charge in [0.2, 0.25) is 0 Å². The molecule has 3 heteroatoms. The van der Waals surface area contributed by atoms with Crippen molar-refractivity contribution in [1.82, 2.24) is 5.32 Å². The topological polar surface area (TPSA) is 21.3 Å². The highest BCUT2D eigenvalue weighted by Gasteiger charge is 2.11. The molecule has 0 aliphatic rings. The summed E-state index contributed by atoms with van der Waals surface area (Å²) < 4.78 is 6.30. The molecular weight excluding hydrogens is 266 g/mol. The lowest BCUT2D eigenvalue weighted by molar-refractivity contribution is 0.159. The van der Waals surface area contributed by atoms with Gasteiger partial charge in [0.05, 0.1) is 6.61 Å². The van der Waals surface area contributed by atoms with Crippen molar-refractivity contribution < 1.29 is 4.74 Å². The largest absolute Gasteiger partial charge is 0.383 e. The molecule has 0 aromatic heterocycles. The summed E-state index contributed by atoms with van der Waals surface area (Å²) in [5.74, 6) is 0. The van der Waals surface area contributed by atoms with Crippen molar-refractivity contribution in [3.63, 3.8) is 0 Å². The molecule has 1 aromatic rings. The SMILES string of the molecule is CCC(COC)N[C@H](C)c1ccc(Br)cc1. The maximum atomic E-state index is 5.18. The lowest BCUT2D eigenvalue weighted by Crippen LogP contribution is -2.34. The Balaban J connectivity index is 2.56. The van der Waals surface area contributed by atoms with Gasteiger partial charge in [-0.05, 0) is 31.0 Å². The fourth-order valence-electron chi connectivity index (χ4n) is 1.69. The van der Waals surface area contributed by atoms with E-state index in [4.69, 9.17) is 4.74 Å². The third-order valence-corrected chi connectivity index (χ3v) is 3.25. The van der Waals surface area contributed by atoms with Gasteiger partial charge in [0, 0.05) is 23.7 Å². The molecule has 0 radical (unpaired) electrons. The quantitative estimate of drug-likeness (QED) is 0.864. The zero-order valence-electron chi connectivity index (χ0n) is 10.2. The van der Waals surface area contributed by atoms with Gasteiger partial charge in [0.1, 0.15) is 0 Å². The molecule has 2 atom stereocenters. The van der Waals surface area contributed by atoms with E-state index in [0.29, 0.717) is 12.1 Å². The van der Waals surface area contributed by atoms with Gasteiger partial charge in [-0.2, -0.15) is 0 Å². The molecule has 0 heterocycles. The van der Waals surface area contributed by atoms with Crippen LogP contribution in [0.25, 0.3) is 0 Å². The van der Waals surface area contributed by atoms with Crippen molar-refractivity contribution in [3.8, 4) is 0 Å². The first-order chi connectivity index (χ1) is 7.67. The van der Waals surface area contributed by atoms with E-state index in [-0.39, 0.29) is 0 Å². The molecule has 0 spiro atoms. The van der Waals surface area contributed by atoms with Crippen molar-refractivity contribution >= 4 is 15.9 Å². The van der Waals surface area contributed by atoms with E-state index in [1.807, 2.05) is 0 Å². The van der Waals surface area contributed by atoms with Crippen LogP contribution >= 0.6 is 15.9 Å². The summed E-state index contributed by atoms with van der Waals surface area (Å²) in [7, 11) is 1.74. The van der Waals surface area contributed by atoms with Crippen molar-refractivity contribution in [3.05, 3.63) is 34.3 Å². The number of ether oxygens (including phenoxy) is 1. The third kappa shape index (κ3) is 4.24. The van der Waals surface area contributed by atoms with Crippen LogP contribution in [0.15, 0.2) is 28.7 Å². The predicted molar refractivity (Wildman–Crippen MR) is 71.6 cm³/mol. The number of hydrogen-bond donors (Lipinski definition) is 1. The summed E-state index contributed by atoms with van der Waals surface area (Å²) in [5, 5.41) is 3.56. The number of halogens is 1. The van der Waals surface area contributed by atoms with E-state index < -0.39 is 0 Å². The van der Waals surface area contributed by atoms with E-state index >= 15 is 0 Å². The molecule has 0 aliphatic carbocycles. The van der Waals surface area contributed by atoms with Crippen LogP contribution in [0, 0.1) is 0 Å². The summed E-state index contributed by atoms with van der Waals surface area (Å²) in [6.45, 7) is 5.11. The lowest BCUT2D eigenvalue weighted by Gasteiger charge is -2.22. The van der Waals surface area contributed by atoms with Crippen LogP contribution < -0.4 is 5.32 Å². The molecule has 0 amide bonds. The van der Waals surface area contributed by atoms with Gasteiger partial charge in [-0.3, -0.25) is 0 Å². The van der Waals surface area contributed by atoms with Crippen LogP contribution in [0.1, 0.15) is 31.9 Å². The molecule has 0 saturated carbocycles. The minimum Gasteiger partial charge on any atom is -0.383 e. The highest BCUT2D eigenvalue weighted by atomic mass is 79.9. The van der Waals surface area contributed by atoms with E-state index in [1.54, 1.807) is 7.11 Å². The van der Waals surface area contributed by atoms with Crippen LogP contribution in [0.5, 0.6) is 0 Å². The first-order valence-corrected chi connectivity index (χ1v) is 6.47. The predicted octanol–water partition coefficient (Wildman–Crippen LogP) is 3.52. The Morgan fingerprint density at radius 3 is 2.44 bits per heavy atom. The Kier molecular flexibility index (Phi) is 6.03. The highest BCUT2D eigenvalue weighted by molar-refractivity contribution is 9.10. The second-order valence-corrected chi connectivity index (χ2v) is 4.92. The fourth-order valence-corrected chi connectivity index (χ4v) is 1.95. The van der Waals surface area contributed by atoms with E-state index in [1.165, 1.54) is 5.56 Å². The van der Waals surface area contributed by atoms with Crippen molar-refractivity contribution in [2.75, 3.05) is 13.7 Å². The molecule has 1 rings (SSSR count). The second-order valence-electron chi connectivity index (χ2n) is 4.00. The fraction of sp³-hybridized carbons (Fsp3) is 0.538. The standard InChI is InChI=1S/C13H20BrNO/c1-4-13(9-16-3)15-10(2)11-5-7-12(14)8-6-11/h5-8,10,13,15H,4,9H2,1-3H3/t10-,13?/m1/s1. The molecule has 0 fully saturated rings. The number of rotatable bonds is 6. The normalized spacial score (nSPS) is 14.8. The molecule has 0 saturated heterocycles. The van der Waals surface area contributed by atoms with Crippen LogP contribution in [0.4, 0.5) is 0 Å². The zero-order chi connectivity index (χ0) is 12.0. The molecule has 16 heavy (non-hydrogen) atoms. The Hall–Kier alpha value is -0.380. The number of benzene rings is 1. The lowest BCUT2D eigenvalue weighted by atomic mass is 10.1. The maximum Gasteiger partial charge on any atom is 0.0615 e. The van der Waals surface area contributed by atoms with Gasteiger partial charge in [-0.15, -0.1) is 0 Å². The van der Waals surface area contributed by atoms with Crippen molar-refractivity contribution in [1.29, 1.82) is 0 Å². The Bertz CT molecular complexity index is 299. The molecular formula is C13H20BrNO. The Labute approximate surface area is 107 Å². The van der Waals surface area contributed by atoms with Crippen LogP contribution in [-0.4, -0.2) is 19.8 Å². The molecule has 0 aliphatic heterocycles. The van der Waals surface area contributed by atoms with Gasteiger partial charge in [-0.25, -0.2) is 0 Å². The van der Waals surface area contributed by atoms with Gasteiger partial charge in [0.25, 0.3) is 0 Å². The van der Waals surface area contributed by atoms with Gasteiger partial charge in [-0.1, -0.05) is 35.0 Å². The first-order valence-electron chi connectivity index (χ1n) is 5.67. The average Bonchev–Trinajstić information content (AvgIpc) is 2.29. The minimum atomic E-state index is 0.355. The summed E-state index contributed by atoms with van der Waals surface area (Å²) in [5.41, 5.74) is 1.30. The zero-order valence-corrected chi connectivity index (χ0v) is 11.8. The summed E-state index contributed by atoms with van der Waals surface area (Å²) in [6.07, 6.45) is 1.08. The molecule has 1 N–H and O–H groups in total. The molecule has 1 unspecified atom stereocenters. The number of nitrogens with one attached hydrogen (secondary N) is 1. The summed E-state index contributed by atoms with van der Waals surface area (Å²) in [4.78, 5) is 0. The highest BCUT2D eigenvalue weighted by Crippen LogP contribution is 2.17. The van der Waals surface area contributed by atoms with E-state index in [9.17, 15) is 0 Å². The smallest absolute Gasteiger partial charge is 0.0615 e. The maximum absolute atomic E-state index is 5.18. The van der Waals surface area contributed by atoms with Crippen molar-refractivity contribution in [2.24, 2.45) is 0 Å². The molecule has 0 bridgehead atoms. The first kappa shape index (κ1) is 13.7. The average molecular weight is 286 g/mol. The minimum absolute atomic E-state index is 0.355. The Morgan fingerprint density at radius 2 is 1.94 bits per heavy atom. The summed E-state index contributed by atoms with van der Waals surface area (Å²) >= 11 is 3.44. The van der Waals surface area contributed by atoms with Gasteiger partial charge in [0.15, 0.2) is 0 Å². The Morgan fingerprint density at radius 1 is 1.31 bits per heavy atom. The number of methoxy groups -OCH3 is 1. The number of hydrogen-bond acceptors (Lipinski definition) is 2. The van der Waals surface area contributed by atoms with E-state index in [0.717, 1.165) is 17.5 Å².